The number of carboxylic acid groups (broad SMARTS) is 1. The molecule has 300 valence electrons. The second kappa shape index (κ2) is 18.0. The molecule has 0 aromatic heterocycles. The second-order valence-corrected chi connectivity index (χ2v) is 25.2. The van der Waals surface area contributed by atoms with Crippen LogP contribution in [-0.2, 0) is 41.3 Å². The van der Waals surface area contributed by atoms with E-state index in [1.54, 1.807) is 0 Å². The normalized spacial score (nSPS) is 15.1. The third kappa shape index (κ3) is 16.5. The fourth-order valence-corrected chi connectivity index (χ4v) is 16.8. The third-order valence-electron chi connectivity index (χ3n) is 6.02. The Hall–Kier alpha value is 0.550. The molecule has 37 heteroatoms. The summed E-state index contributed by atoms with van der Waals surface area (Å²) in [5.74, 6) is -1.53. The zero-order chi connectivity index (χ0) is 40.3. The van der Waals surface area contributed by atoms with Crippen molar-refractivity contribution in [3.05, 3.63) is 0 Å². The van der Waals surface area contributed by atoms with Crippen LogP contribution in [0.1, 0.15) is 19.3 Å². The highest BCUT2D eigenvalue weighted by molar-refractivity contribution is 7.73. The summed E-state index contributed by atoms with van der Waals surface area (Å²) in [6.07, 6.45) is -2.51. The molecule has 0 radical (unpaired) electrons. The molecule has 0 unspecified atom stereocenters. The number of rotatable bonds is 23. The Bertz CT molecular complexity index is 1270. The molecule has 0 saturated carbocycles. The Kier molecular flexibility index (Phi) is 18.2. The van der Waals surface area contributed by atoms with Crippen molar-refractivity contribution in [3.8, 4) is 0 Å². The quantitative estimate of drug-likeness (QED) is 0.0447. The lowest BCUT2D eigenvalue weighted by molar-refractivity contribution is -0.137. The SMILES string of the molecule is O=C(O)CCN(CCCN(C(P(=O)(O)O)P(=O)(O)O)C(P(=O)(O)O)P(=O)(O)O)CCCN(C(P(=O)(O)O)P(=O)(O)O)C(P(=O)(O)O)P(=O)(O)O. The number of hydrogen-bond acceptors (Lipinski definition) is 12. The molecule has 0 heterocycles. The smallest absolute Gasteiger partial charge is 0.355 e. The van der Waals surface area contributed by atoms with Crippen molar-refractivity contribution in [1.82, 2.24) is 14.7 Å². The summed E-state index contributed by atoms with van der Waals surface area (Å²) in [7, 11) is -49.7. The molecule has 0 aromatic rings. The summed E-state index contributed by atoms with van der Waals surface area (Å²) in [6, 6.07) is 0. The van der Waals surface area contributed by atoms with Crippen LogP contribution in [0.15, 0.2) is 0 Å². The first-order valence-corrected chi connectivity index (χ1v) is 26.1. The summed E-state index contributed by atoms with van der Waals surface area (Å²) in [4.78, 5) is 164. The van der Waals surface area contributed by atoms with Crippen molar-refractivity contribution in [2.24, 2.45) is 0 Å². The van der Waals surface area contributed by atoms with Gasteiger partial charge in [-0.2, -0.15) is 0 Å². The molecule has 17 N–H and O–H groups in total. The highest BCUT2D eigenvalue weighted by atomic mass is 31.3. The topological polar surface area (TPSA) is 507 Å². The van der Waals surface area contributed by atoms with Crippen LogP contribution in [0.2, 0.25) is 0 Å². The Labute approximate surface area is 280 Å². The lowest BCUT2D eigenvalue weighted by Crippen LogP contribution is -2.45. The number of carboxylic acids is 1. The maximum absolute atomic E-state index is 12.0. The second-order valence-electron chi connectivity index (χ2n) is 10.3. The first kappa shape index (κ1) is 50.5. The third-order valence-corrected chi connectivity index (χ3v) is 20.4. The van der Waals surface area contributed by atoms with Crippen LogP contribution in [-0.4, -0.2) is 159 Å². The maximum Gasteiger partial charge on any atom is 0.355 e. The van der Waals surface area contributed by atoms with Crippen molar-refractivity contribution in [1.29, 1.82) is 0 Å². The van der Waals surface area contributed by atoms with E-state index < -0.39 is 151 Å². The molecule has 0 amide bonds. The van der Waals surface area contributed by atoms with E-state index in [2.05, 4.69) is 0 Å². The maximum atomic E-state index is 12.0. The molecule has 0 aromatic carbocycles. The monoisotopic (exact) mass is 899 g/mol. The van der Waals surface area contributed by atoms with Crippen molar-refractivity contribution >= 4 is 66.7 Å². The molecular formula is C13H37N3O26P8. The molecule has 0 saturated heterocycles. The van der Waals surface area contributed by atoms with Crippen LogP contribution in [0, 0.1) is 0 Å². The molecule has 0 aliphatic rings. The van der Waals surface area contributed by atoms with Crippen LogP contribution in [0.3, 0.4) is 0 Å². The van der Waals surface area contributed by atoms with E-state index in [0.717, 1.165) is 4.90 Å². The Balaban J connectivity index is 6.80. The van der Waals surface area contributed by atoms with E-state index in [-0.39, 0.29) is 0 Å². The van der Waals surface area contributed by atoms with Crippen molar-refractivity contribution in [2.45, 2.75) is 41.4 Å². The summed E-state index contributed by atoms with van der Waals surface area (Å²) in [5, 5.41) is 9.06. The Morgan fingerprint density at radius 1 is 0.380 bits per heavy atom. The van der Waals surface area contributed by atoms with Gasteiger partial charge in [-0.25, -0.2) is 0 Å². The predicted molar refractivity (Wildman–Crippen MR) is 163 cm³/mol. The van der Waals surface area contributed by atoms with Gasteiger partial charge in [-0.15, -0.1) is 0 Å². The standard InChI is InChI=1S/C13H37N3O26P8/c17-9(18)3-8-14(4-1-6-15(10(43(19,20)21)44(22,23)24)11(45(25,26)27)46(28,29)30)5-2-7-16(12(47(31,32)33)48(34,35)36)13(49(37,38)39)50(40,41)42/h10-13H,1-8H2,(H,17,18)(H2,19,20,21)(H2,22,23,24)(H2,25,26,27)(H2,28,29,30)(H2,31,32,33)(H2,34,35,36)(H2,37,38,39)(H2,40,41,42). The summed E-state index contributed by atoms with van der Waals surface area (Å²) in [6.45, 7) is -4.82. The minimum Gasteiger partial charge on any atom is -0.481 e. The molecule has 0 aliphatic carbocycles. The van der Waals surface area contributed by atoms with Crippen LogP contribution >= 0.6 is 60.8 Å². The van der Waals surface area contributed by atoms with Crippen molar-refractivity contribution < 1.29 is 125 Å². The van der Waals surface area contributed by atoms with Crippen LogP contribution in [0.5, 0.6) is 0 Å². The van der Waals surface area contributed by atoms with E-state index in [0.29, 0.717) is 0 Å². The van der Waals surface area contributed by atoms with Gasteiger partial charge in [0.1, 0.15) is 0 Å². The largest absolute Gasteiger partial charge is 0.481 e. The molecule has 29 nitrogen and oxygen atoms in total. The summed E-state index contributed by atoms with van der Waals surface area (Å²) in [5.41, 5.74) is -14.2. The van der Waals surface area contributed by atoms with E-state index in [9.17, 15) is 120 Å². The lowest BCUT2D eigenvalue weighted by atomic mass is 10.3. The van der Waals surface area contributed by atoms with E-state index in [1.807, 2.05) is 0 Å². The van der Waals surface area contributed by atoms with Crippen LogP contribution < -0.4 is 0 Å². The van der Waals surface area contributed by atoms with Gasteiger partial charge in [0.05, 0.1) is 6.42 Å². The molecule has 0 fully saturated rings. The van der Waals surface area contributed by atoms with Gasteiger partial charge in [-0.05, 0) is 25.9 Å². The molecular weight excluding hydrogens is 862 g/mol. The first-order chi connectivity index (χ1) is 21.7. The molecule has 0 bridgehead atoms. The summed E-state index contributed by atoms with van der Waals surface area (Å²) >= 11 is 0. The van der Waals surface area contributed by atoms with E-state index >= 15 is 0 Å². The number of nitrogens with zero attached hydrogens (tertiary/aromatic N) is 3. The van der Waals surface area contributed by atoms with Gasteiger partial charge in [0.2, 0.25) is 22.1 Å². The average Bonchev–Trinajstić information content (AvgIpc) is 2.74. The fraction of sp³-hybridized carbons (Fsp3) is 0.923. The van der Waals surface area contributed by atoms with Gasteiger partial charge in [-0.3, -0.25) is 51.1 Å². The van der Waals surface area contributed by atoms with Gasteiger partial charge in [0.15, 0.2) is 0 Å². The molecule has 0 aliphatic heterocycles. The van der Waals surface area contributed by atoms with Gasteiger partial charge in [-0.1, -0.05) is 0 Å². The van der Waals surface area contributed by atoms with Gasteiger partial charge in [0, 0.05) is 19.6 Å². The average molecular weight is 899 g/mol. The minimum absolute atomic E-state index is 0.532. The molecule has 0 rings (SSSR count). The predicted octanol–water partition coefficient (Wildman–Crippen LogP) is -3.30. The fourth-order valence-electron chi connectivity index (χ4n) is 4.57. The molecule has 0 atom stereocenters. The first-order valence-electron chi connectivity index (χ1n) is 12.6. The Morgan fingerprint density at radius 2 is 0.580 bits per heavy atom. The van der Waals surface area contributed by atoms with Gasteiger partial charge in [0.25, 0.3) is 0 Å². The number of hydrogen-bond donors (Lipinski definition) is 17. The molecule has 0 spiro atoms. The molecule has 50 heavy (non-hydrogen) atoms. The number of carbonyl (C=O) groups is 1. The lowest BCUT2D eigenvalue weighted by Gasteiger charge is -2.38. The van der Waals surface area contributed by atoms with Gasteiger partial charge < -0.3 is 88.3 Å². The zero-order valence-electron chi connectivity index (χ0n) is 24.7. The minimum atomic E-state index is -6.21. The van der Waals surface area contributed by atoms with Crippen LogP contribution in [0.25, 0.3) is 0 Å². The van der Waals surface area contributed by atoms with E-state index in [4.69, 9.17) is 5.11 Å². The highest BCUT2D eigenvalue weighted by Gasteiger charge is 2.59. The van der Waals surface area contributed by atoms with Crippen molar-refractivity contribution in [2.75, 3.05) is 32.7 Å². The highest BCUT2D eigenvalue weighted by Crippen LogP contribution is 2.70. The van der Waals surface area contributed by atoms with Crippen LogP contribution in [0.4, 0.5) is 0 Å². The zero-order valence-corrected chi connectivity index (χ0v) is 31.8. The van der Waals surface area contributed by atoms with E-state index in [1.165, 1.54) is 0 Å². The van der Waals surface area contributed by atoms with Gasteiger partial charge >= 0.3 is 66.7 Å². The Morgan fingerprint density at radius 3 is 0.740 bits per heavy atom. The summed E-state index contributed by atoms with van der Waals surface area (Å²) < 4.78 is 96.0. The number of aliphatic carboxylic acids is 1. The van der Waals surface area contributed by atoms with Crippen molar-refractivity contribution in [3.63, 3.8) is 0 Å².